The third kappa shape index (κ3) is 5.69. The van der Waals surface area contributed by atoms with E-state index >= 15 is 0 Å². The Morgan fingerprint density at radius 3 is 1.97 bits per heavy atom. The molecule has 2 aromatic rings. The Hall–Kier alpha value is -1.11. The zero-order valence-corrected chi connectivity index (χ0v) is 26.0. The Balaban J connectivity index is 1.69. The van der Waals surface area contributed by atoms with E-state index in [0.29, 0.717) is 30.5 Å². The quantitative estimate of drug-likeness (QED) is 0.411. The second-order valence-electron chi connectivity index (χ2n) is 13.4. The molecule has 38 heavy (non-hydrogen) atoms. The smallest absolute Gasteiger partial charge is 0.134 e. The maximum absolute atomic E-state index is 12.9. The van der Waals surface area contributed by atoms with E-state index in [1.807, 2.05) is 0 Å². The van der Waals surface area contributed by atoms with Crippen LogP contribution < -0.4 is 15.9 Å². The number of Topliss-reactive ketones (excluding diaryl/α,β-unsaturated/α-hetero) is 1. The molecule has 0 amide bonds. The molecule has 0 spiro atoms. The second kappa shape index (κ2) is 11.4. The maximum atomic E-state index is 12.9. The lowest BCUT2D eigenvalue weighted by atomic mass is 9.70. The average molecular weight is 551 g/mol. The number of rotatable bonds is 6. The summed E-state index contributed by atoms with van der Waals surface area (Å²) in [5, 5.41) is 9.09. The first-order valence-corrected chi connectivity index (χ1v) is 16.7. The van der Waals surface area contributed by atoms with Gasteiger partial charge in [-0.2, -0.15) is 0 Å². The maximum Gasteiger partial charge on any atom is 0.134 e. The fourth-order valence-corrected chi connectivity index (χ4v) is 13.3. The first kappa shape index (κ1) is 28.4. The van der Waals surface area contributed by atoms with Gasteiger partial charge in [0.15, 0.2) is 0 Å². The molecule has 3 saturated heterocycles. The van der Waals surface area contributed by atoms with Crippen molar-refractivity contribution in [3.63, 3.8) is 0 Å². The highest BCUT2D eigenvalue weighted by molar-refractivity contribution is 7.69. The molecule has 3 nitrogen and oxygen atoms in total. The van der Waals surface area contributed by atoms with Crippen molar-refractivity contribution in [2.24, 2.45) is 11.8 Å². The van der Waals surface area contributed by atoms with Gasteiger partial charge in [-0.1, -0.05) is 84.1 Å². The number of nitrogens with one attached hydrogen (secondary N) is 2. The molecule has 3 heterocycles. The second-order valence-corrected chi connectivity index (χ2v) is 17.9. The van der Waals surface area contributed by atoms with Crippen molar-refractivity contribution in [2.45, 2.75) is 88.1 Å². The highest BCUT2D eigenvalue weighted by Gasteiger charge is 2.51. The van der Waals surface area contributed by atoms with Gasteiger partial charge in [0, 0.05) is 18.0 Å². The van der Waals surface area contributed by atoms with E-state index in [1.54, 1.807) is 10.9 Å². The molecular weight excluding hydrogens is 502 g/mol. The van der Waals surface area contributed by atoms with E-state index in [1.165, 1.54) is 36.8 Å². The lowest BCUT2D eigenvalue weighted by molar-refractivity contribution is -0.120. The van der Waals surface area contributed by atoms with Gasteiger partial charge in [-0.3, -0.25) is 4.79 Å². The highest BCUT2D eigenvalue weighted by Crippen LogP contribution is 2.66. The van der Waals surface area contributed by atoms with Crippen LogP contribution in [0.2, 0.25) is 0 Å². The van der Waals surface area contributed by atoms with E-state index in [-0.39, 0.29) is 15.5 Å². The van der Waals surface area contributed by atoms with E-state index in [9.17, 15) is 4.79 Å². The summed E-state index contributed by atoms with van der Waals surface area (Å²) >= 11 is 0. The zero-order chi connectivity index (χ0) is 27.0. The Morgan fingerprint density at radius 1 is 0.868 bits per heavy atom. The molecule has 3 aliphatic heterocycles. The van der Waals surface area contributed by atoms with Crippen molar-refractivity contribution in [1.82, 2.24) is 10.6 Å². The minimum Gasteiger partial charge on any atom is -0.316 e. The molecule has 3 atom stereocenters. The van der Waals surface area contributed by atoms with Crippen LogP contribution in [0.5, 0.6) is 0 Å². The summed E-state index contributed by atoms with van der Waals surface area (Å²) in [5.74, 6) is 1.61. The predicted molar refractivity (Wildman–Crippen MR) is 167 cm³/mol. The standard InChI is InChI=1S/C33H48N2OP2/c1-31(2)20-28(36)21-32(3,4)38(31)30-15-14-25(18-24-10-6-5-7-11-24)19-29(30)33(37,26-12-8-16-34-22-26)27-13-9-17-35-23-27/h5-7,10-11,14-15,19,26-27,34-35H,8-9,12-13,16-18,20-23,37H2,1-4H3. The van der Waals surface area contributed by atoms with Gasteiger partial charge in [0.05, 0.1) is 0 Å². The van der Waals surface area contributed by atoms with E-state index in [0.717, 1.165) is 32.6 Å². The number of piperidine rings is 2. The van der Waals surface area contributed by atoms with Crippen LogP contribution in [-0.2, 0) is 16.4 Å². The lowest BCUT2D eigenvalue weighted by Crippen LogP contribution is -2.52. The van der Waals surface area contributed by atoms with Crippen LogP contribution in [-0.4, -0.2) is 42.3 Å². The fourth-order valence-electron chi connectivity index (χ4n) is 8.02. The summed E-state index contributed by atoms with van der Waals surface area (Å²) < 4.78 is 0. The van der Waals surface area contributed by atoms with Crippen LogP contribution in [0.25, 0.3) is 0 Å². The van der Waals surface area contributed by atoms with Crippen molar-refractivity contribution in [1.29, 1.82) is 0 Å². The molecule has 0 radical (unpaired) electrons. The normalized spacial score (nSPS) is 27.6. The van der Waals surface area contributed by atoms with Gasteiger partial charge in [-0.25, -0.2) is 0 Å². The largest absolute Gasteiger partial charge is 0.316 e. The number of hydrogen-bond donors (Lipinski definition) is 2. The monoisotopic (exact) mass is 550 g/mol. The third-order valence-electron chi connectivity index (χ3n) is 9.43. The van der Waals surface area contributed by atoms with Crippen LogP contribution in [0.1, 0.15) is 82.9 Å². The van der Waals surface area contributed by atoms with Gasteiger partial charge in [0.2, 0.25) is 0 Å². The van der Waals surface area contributed by atoms with Gasteiger partial charge >= 0.3 is 0 Å². The van der Waals surface area contributed by atoms with Gasteiger partial charge in [0.1, 0.15) is 5.78 Å². The molecule has 3 fully saturated rings. The summed E-state index contributed by atoms with van der Waals surface area (Å²) in [6.07, 6.45) is 7.42. The Labute approximate surface area is 234 Å². The van der Waals surface area contributed by atoms with Crippen LogP contribution >= 0.6 is 17.2 Å². The minimum atomic E-state index is -0.554. The summed E-state index contributed by atoms with van der Waals surface area (Å²) in [5.41, 5.74) is 4.35. The van der Waals surface area contributed by atoms with Crippen LogP contribution in [0, 0.1) is 11.8 Å². The number of benzene rings is 2. The van der Waals surface area contributed by atoms with Crippen LogP contribution in [0.3, 0.4) is 0 Å². The predicted octanol–water partition coefficient (Wildman–Crippen LogP) is 6.37. The van der Waals surface area contributed by atoms with Crippen molar-refractivity contribution in [3.8, 4) is 0 Å². The molecule has 2 aromatic carbocycles. The van der Waals surface area contributed by atoms with Crippen molar-refractivity contribution < 1.29 is 4.79 Å². The van der Waals surface area contributed by atoms with Crippen LogP contribution in [0.4, 0.5) is 0 Å². The van der Waals surface area contributed by atoms with Crippen molar-refractivity contribution >= 4 is 28.2 Å². The molecular formula is C33H48N2OP2. The van der Waals surface area contributed by atoms with Gasteiger partial charge in [0.25, 0.3) is 0 Å². The van der Waals surface area contributed by atoms with Gasteiger partial charge in [-0.05, 0) is 102 Å². The summed E-state index contributed by atoms with van der Waals surface area (Å²) in [4.78, 5) is 12.9. The number of ketones is 1. The van der Waals surface area contributed by atoms with E-state index < -0.39 is 7.92 Å². The highest BCUT2D eigenvalue weighted by atomic mass is 31.1. The van der Waals surface area contributed by atoms with Gasteiger partial charge < -0.3 is 10.6 Å². The molecule has 5 heteroatoms. The van der Waals surface area contributed by atoms with Crippen molar-refractivity contribution in [2.75, 3.05) is 26.2 Å². The molecule has 206 valence electrons. The van der Waals surface area contributed by atoms with Crippen molar-refractivity contribution in [3.05, 3.63) is 65.2 Å². The molecule has 0 aliphatic carbocycles. The number of hydrogen-bond acceptors (Lipinski definition) is 3. The molecule has 3 aliphatic rings. The SMILES string of the molecule is CC1(C)CC(=O)CC(C)(C)P1c1ccc(Cc2ccccc2)cc1C(P)(C1CCCNC1)C1CCCNC1. The van der Waals surface area contributed by atoms with E-state index in [2.05, 4.69) is 96.1 Å². The third-order valence-corrected chi connectivity index (χ3v) is 14.3. The minimum absolute atomic E-state index is 0.00886. The van der Waals surface area contributed by atoms with E-state index in [4.69, 9.17) is 0 Å². The molecule has 5 rings (SSSR count). The fraction of sp³-hybridized carbons (Fsp3) is 0.606. The van der Waals surface area contributed by atoms with Crippen LogP contribution in [0.15, 0.2) is 48.5 Å². The lowest BCUT2D eigenvalue weighted by Gasteiger charge is -2.53. The number of carbonyl (C=O) groups excluding carboxylic acids is 1. The Bertz CT molecular complexity index is 1080. The molecule has 0 saturated carbocycles. The summed E-state index contributed by atoms with van der Waals surface area (Å²) in [6.45, 7) is 13.9. The Kier molecular flexibility index (Phi) is 8.53. The van der Waals surface area contributed by atoms with Gasteiger partial charge in [-0.15, -0.1) is 9.24 Å². The molecule has 2 N–H and O–H groups in total. The first-order valence-electron chi connectivity index (χ1n) is 14.8. The first-order chi connectivity index (χ1) is 18.1. The number of carbonyl (C=O) groups is 1. The zero-order valence-electron chi connectivity index (χ0n) is 24.0. The molecule has 0 bridgehead atoms. The summed E-state index contributed by atoms with van der Waals surface area (Å²) in [7, 11) is 2.95. The average Bonchev–Trinajstić information content (AvgIpc) is 2.89. The molecule has 0 aromatic heterocycles. The topological polar surface area (TPSA) is 41.1 Å². The molecule has 3 unspecified atom stereocenters. The Morgan fingerprint density at radius 2 is 1.45 bits per heavy atom. The summed E-state index contributed by atoms with van der Waals surface area (Å²) in [6, 6.07) is 18.4.